The van der Waals surface area contributed by atoms with Crippen LogP contribution in [0.15, 0.2) is 118 Å². The molecule has 5 aromatic rings. The monoisotopic (exact) mass is 852 g/mol. The fourth-order valence-corrected chi connectivity index (χ4v) is 6.60. The Morgan fingerprint density at radius 1 is 0.696 bits per heavy atom. The smallest absolute Gasteiger partial charge is 0.0132 e. The maximum Gasteiger partial charge on any atom is -0.0132 e. The van der Waals surface area contributed by atoms with E-state index >= 15 is 0 Å². The zero-order valence-corrected chi connectivity index (χ0v) is 34.7. The SMILES string of the molecule is Brc1ccc(C[C](=[Zr+2])Cc2ccc(Br)cc2)cc1.CC(C)(C)c1c[c-]c2c(c1)-c1cc(C(C)(C)C)ccc1C2.[Cl-].[Cl-].c1cc[cH-]c1. The molecule has 5 heteroatoms. The van der Waals surface area contributed by atoms with Crippen LogP contribution in [0.25, 0.3) is 11.1 Å². The molecule has 240 valence electrons. The first-order chi connectivity index (χ1) is 20.8. The Morgan fingerprint density at radius 3 is 1.61 bits per heavy atom. The molecule has 0 fully saturated rings. The molecule has 0 nitrogen and oxygen atoms in total. The van der Waals surface area contributed by atoms with Gasteiger partial charge in [0.15, 0.2) is 0 Å². The normalized spacial score (nSPS) is 11.3. The Morgan fingerprint density at radius 2 is 1.17 bits per heavy atom. The van der Waals surface area contributed by atoms with Gasteiger partial charge in [0, 0.05) is 0 Å². The second-order valence-corrected chi connectivity index (χ2v) is 17.1. The molecule has 1 aliphatic rings. The minimum absolute atomic E-state index is 0. The summed E-state index contributed by atoms with van der Waals surface area (Å²) < 4.78 is 3.86. The van der Waals surface area contributed by atoms with E-state index in [9.17, 15) is 0 Å². The van der Waals surface area contributed by atoms with Crippen LogP contribution >= 0.6 is 31.9 Å². The van der Waals surface area contributed by atoms with E-state index in [1.54, 1.807) is 3.21 Å². The van der Waals surface area contributed by atoms with Crippen LogP contribution in [-0.4, -0.2) is 3.21 Å². The van der Waals surface area contributed by atoms with Crippen molar-refractivity contribution in [3.05, 3.63) is 158 Å². The van der Waals surface area contributed by atoms with E-state index in [-0.39, 0.29) is 35.6 Å². The van der Waals surface area contributed by atoms with E-state index in [1.807, 2.05) is 30.3 Å². The largest absolute Gasteiger partial charge is 1.00 e. The average Bonchev–Trinajstić information content (AvgIpc) is 3.66. The van der Waals surface area contributed by atoms with Crippen molar-refractivity contribution in [1.29, 1.82) is 0 Å². The van der Waals surface area contributed by atoms with Gasteiger partial charge in [-0.15, -0.1) is 5.56 Å². The maximum atomic E-state index is 3.53. The Bertz CT molecular complexity index is 1530. The van der Waals surface area contributed by atoms with Gasteiger partial charge in [-0.25, -0.2) is 12.1 Å². The van der Waals surface area contributed by atoms with Crippen LogP contribution in [0.1, 0.15) is 74.9 Å². The predicted octanol–water partition coefficient (Wildman–Crippen LogP) is 5.78. The number of fused-ring (bicyclic) bond motifs is 3. The minimum Gasteiger partial charge on any atom is -1.00 e. The average molecular weight is 857 g/mol. The fourth-order valence-electron chi connectivity index (χ4n) is 5.07. The molecule has 0 spiro atoms. The first-order valence-corrected chi connectivity index (χ1v) is 18.0. The maximum absolute atomic E-state index is 3.53. The molecule has 5 aromatic carbocycles. The van der Waals surface area contributed by atoms with Crippen LogP contribution in [0, 0.1) is 6.07 Å². The number of rotatable bonds is 4. The summed E-state index contributed by atoms with van der Waals surface area (Å²) in [6.07, 6.45) is 3.20. The molecule has 0 aliphatic heterocycles. The van der Waals surface area contributed by atoms with Crippen molar-refractivity contribution in [3.8, 4) is 11.1 Å². The van der Waals surface area contributed by atoms with Crippen molar-refractivity contribution in [2.75, 3.05) is 0 Å². The summed E-state index contributed by atoms with van der Waals surface area (Å²) in [6, 6.07) is 42.3. The molecule has 46 heavy (non-hydrogen) atoms. The number of hydrogen-bond acceptors (Lipinski definition) is 0. The molecule has 0 saturated heterocycles. The summed E-state index contributed by atoms with van der Waals surface area (Å²) in [4.78, 5) is 0. The van der Waals surface area contributed by atoms with Crippen molar-refractivity contribution < 1.29 is 49.0 Å². The Labute approximate surface area is 321 Å². The van der Waals surface area contributed by atoms with Gasteiger partial charge in [-0.3, -0.25) is 0 Å². The van der Waals surface area contributed by atoms with Crippen molar-refractivity contribution in [1.82, 2.24) is 0 Å². The van der Waals surface area contributed by atoms with Crippen LogP contribution in [0.5, 0.6) is 0 Å². The topological polar surface area (TPSA) is 0 Å². The third-order valence-corrected chi connectivity index (χ3v) is 9.67. The van der Waals surface area contributed by atoms with Crippen molar-refractivity contribution in [3.63, 3.8) is 0 Å². The second kappa shape index (κ2) is 18.3. The van der Waals surface area contributed by atoms with Gasteiger partial charge >= 0.3 is 141 Å². The quantitative estimate of drug-likeness (QED) is 0.198. The summed E-state index contributed by atoms with van der Waals surface area (Å²) >= 11 is 8.46. The predicted molar refractivity (Wildman–Crippen MR) is 194 cm³/mol. The summed E-state index contributed by atoms with van der Waals surface area (Å²) in [6.45, 7) is 13.6. The fraction of sp³-hybridized carbons (Fsp3) is 0.268. The van der Waals surface area contributed by atoms with Gasteiger partial charge < -0.3 is 24.8 Å². The molecule has 0 aromatic heterocycles. The van der Waals surface area contributed by atoms with E-state index in [0.29, 0.717) is 0 Å². The van der Waals surface area contributed by atoms with E-state index < -0.39 is 0 Å². The van der Waals surface area contributed by atoms with E-state index in [0.717, 1.165) is 28.2 Å². The number of benzene rings is 4. The van der Waals surface area contributed by atoms with Gasteiger partial charge in [-0.1, -0.05) is 76.3 Å². The molecule has 1 aliphatic carbocycles. The summed E-state index contributed by atoms with van der Waals surface area (Å²) in [5, 5.41) is 0. The molecule has 0 unspecified atom stereocenters. The molecule has 0 bridgehead atoms. The molecule has 0 saturated carbocycles. The van der Waals surface area contributed by atoms with Crippen molar-refractivity contribution >= 4 is 35.1 Å². The van der Waals surface area contributed by atoms with Crippen LogP contribution < -0.4 is 24.8 Å². The molecular formula is C41H42Br2Cl2Zr-2. The standard InChI is InChI=1S/C21H25.C15H12Br2.C5H5.2ClH.Zr/c1-20(2,3)16-9-7-14-11-15-8-10-17(21(4,5)6)13-19(15)18(14)12-16;16-14-8-4-12(5-9-14)2-1-3-13-6-10-15(17)11-7-13;1-2-4-5-3-1;;;/h7,9-10,12-13H,11H2,1-6H3;4-11H,2-3H2;1-5H;2*1H;/q-1;;-1;;;+2/p-2. The van der Waals surface area contributed by atoms with Crippen LogP contribution in [-0.2, 0) is 54.3 Å². The Hall–Kier alpha value is -1.48. The molecular weight excluding hydrogens is 814 g/mol. The molecule has 0 amide bonds. The summed E-state index contributed by atoms with van der Waals surface area (Å²) in [7, 11) is 0. The molecule has 0 heterocycles. The van der Waals surface area contributed by atoms with Gasteiger partial charge in [0.2, 0.25) is 0 Å². The van der Waals surface area contributed by atoms with Crippen molar-refractivity contribution in [2.24, 2.45) is 0 Å². The van der Waals surface area contributed by atoms with Gasteiger partial charge in [-0.05, 0) is 17.4 Å². The third kappa shape index (κ3) is 12.2. The molecule has 0 radical (unpaired) electrons. The number of hydrogen-bond donors (Lipinski definition) is 0. The van der Waals surface area contributed by atoms with Gasteiger partial charge in [0.1, 0.15) is 0 Å². The Kier molecular flexibility index (Phi) is 16.2. The number of halogens is 4. The first-order valence-electron chi connectivity index (χ1n) is 15.2. The van der Waals surface area contributed by atoms with E-state index in [4.69, 9.17) is 0 Å². The summed E-state index contributed by atoms with van der Waals surface area (Å²) in [5.74, 6) is 0. The zero-order valence-electron chi connectivity index (χ0n) is 27.5. The zero-order chi connectivity index (χ0) is 31.9. The first kappa shape index (κ1) is 40.7. The van der Waals surface area contributed by atoms with Crippen LogP contribution in [0.4, 0.5) is 0 Å². The van der Waals surface area contributed by atoms with Crippen LogP contribution in [0.3, 0.4) is 0 Å². The van der Waals surface area contributed by atoms with E-state index in [2.05, 4.69) is 158 Å². The van der Waals surface area contributed by atoms with Crippen LogP contribution in [0.2, 0.25) is 0 Å². The molecule has 6 rings (SSSR count). The minimum atomic E-state index is 0. The van der Waals surface area contributed by atoms with Gasteiger partial charge in [0.25, 0.3) is 0 Å². The Balaban J connectivity index is 0.000000270. The molecule has 0 atom stereocenters. The third-order valence-electron chi connectivity index (χ3n) is 7.74. The van der Waals surface area contributed by atoms with E-state index in [1.165, 1.54) is 68.7 Å². The van der Waals surface area contributed by atoms with Crippen molar-refractivity contribution in [2.45, 2.75) is 71.6 Å². The van der Waals surface area contributed by atoms with Gasteiger partial charge in [-0.2, -0.15) is 47.5 Å². The summed E-state index contributed by atoms with van der Waals surface area (Å²) in [5.41, 5.74) is 11.5. The second-order valence-electron chi connectivity index (χ2n) is 13.5. The van der Waals surface area contributed by atoms with Gasteiger partial charge in [0.05, 0.1) is 0 Å². The molecule has 0 N–H and O–H groups in total.